The molecule has 0 radical (unpaired) electrons. The third kappa shape index (κ3) is 4.42. The van der Waals surface area contributed by atoms with Crippen LogP contribution in [0.4, 0.5) is 14.5 Å². The molecule has 5 rings (SSSR count). The van der Waals surface area contributed by atoms with Gasteiger partial charge in [-0.1, -0.05) is 36.4 Å². The van der Waals surface area contributed by atoms with Crippen molar-refractivity contribution in [1.29, 1.82) is 0 Å². The van der Waals surface area contributed by atoms with E-state index in [0.717, 1.165) is 6.07 Å². The Kier molecular flexibility index (Phi) is 5.74. The minimum atomic E-state index is -4.04. The van der Waals surface area contributed by atoms with Crippen LogP contribution in [0.15, 0.2) is 83.8 Å². The maximum atomic E-state index is 14.9. The lowest BCUT2D eigenvalue weighted by Crippen LogP contribution is -2.19. The van der Waals surface area contributed by atoms with Crippen molar-refractivity contribution in [3.63, 3.8) is 0 Å². The Labute approximate surface area is 203 Å². The van der Waals surface area contributed by atoms with E-state index in [-0.39, 0.29) is 33.4 Å². The van der Waals surface area contributed by atoms with E-state index in [9.17, 15) is 22.0 Å². The second-order valence-electron chi connectivity index (χ2n) is 7.78. The number of tetrazole rings is 1. The summed E-state index contributed by atoms with van der Waals surface area (Å²) < 4.78 is 53.3. The number of primary sulfonamides is 1. The molecular formula is C24H16F2N6O3S. The van der Waals surface area contributed by atoms with E-state index in [0.29, 0.717) is 16.5 Å². The number of aromatic nitrogens is 4. The Morgan fingerprint density at radius 3 is 2.44 bits per heavy atom. The van der Waals surface area contributed by atoms with Gasteiger partial charge < -0.3 is 5.32 Å². The van der Waals surface area contributed by atoms with Crippen LogP contribution in [0.3, 0.4) is 0 Å². The summed E-state index contributed by atoms with van der Waals surface area (Å²) >= 11 is 0. The lowest BCUT2D eigenvalue weighted by molar-refractivity contribution is 0.101. The fourth-order valence-electron chi connectivity index (χ4n) is 3.75. The van der Waals surface area contributed by atoms with Crippen molar-refractivity contribution in [2.24, 2.45) is 5.14 Å². The Morgan fingerprint density at radius 2 is 1.67 bits per heavy atom. The van der Waals surface area contributed by atoms with Crippen molar-refractivity contribution >= 4 is 32.4 Å². The van der Waals surface area contributed by atoms with Crippen LogP contribution in [0.1, 0.15) is 10.6 Å². The van der Waals surface area contributed by atoms with Gasteiger partial charge in [0.1, 0.15) is 11.6 Å². The van der Waals surface area contributed by atoms with Crippen molar-refractivity contribution in [3.05, 3.63) is 96.3 Å². The SMILES string of the molecule is NS(=O)(=O)c1ccccc1-c1ccc(NC(=O)c2nnnn2-c2ccc3cc(F)ccc3c2)c(F)c1. The Balaban J connectivity index is 1.43. The number of anilines is 1. The van der Waals surface area contributed by atoms with Gasteiger partial charge in [0.15, 0.2) is 0 Å². The lowest BCUT2D eigenvalue weighted by Gasteiger charge is -2.11. The molecule has 0 aliphatic carbocycles. The van der Waals surface area contributed by atoms with Gasteiger partial charge in [0, 0.05) is 5.56 Å². The van der Waals surface area contributed by atoms with E-state index in [1.54, 1.807) is 30.3 Å². The molecule has 0 unspecified atom stereocenters. The van der Waals surface area contributed by atoms with Crippen LogP contribution in [-0.2, 0) is 10.0 Å². The number of nitrogens with two attached hydrogens (primary N) is 1. The van der Waals surface area contributed by atoms with Crippen LogP contribution < -0.4 is 10.5 Å². The zero-order valence-electron chi connectivity index (χ0n) is 18.3. The molecule has 180 valence electrons. The van der Waals surface area contributed by atoms with Crippen LogP contribution in [0.5, 0.6) is 0 Å². The van der Waals surface area contributed by atoms with E-state index in [1.165, 1.54) is 47.1 Å². The molecule has 0 bridgehead atoms. The quantitative estimate of drug-likeness (QED) is 0.374. The van der Waals surface area contributed by atoms with Gasteiger partial charge in [0.2, 0.25) is 15.8 Å². The number of sulfonamides is 1. The first-order valence-corrected chi connectivity index (χ1v) is 12.0. The average Bonchev–Trinajstić information content (AvgIpc) is 3.35. The first-order valence-electron chi connectivity index (χ1n) is 10.4. The van der Waals surface area contributed by atoms with Gasteiger partial charge >= 0.3 is 0 Å². The summed E-state index contributed by atoms with van der Waals surface area (Å²) in [5, 5.41) is 20.2. The molecule has 0 atom stereocenters. The molecule has 0 saturated carbocycles. The fraction of sp³-hybridized carbons (Fsp3) is 0. The molecule has 9 nitrogen and oxygen atoms in total. The molecular weight excluding hydrogens is 490 g/mol. The predicted octanol–water partition coefficient (Wildman–Crippen LogP) is 3.66. The lowest BCUT2D eigenvalue weighted by atomic mass is 10.0. The normalized spacial score (nSPS) is 11.5. The maximum Gasteiger partial charge on any atom is 0.295 e. The minimum Gasteiger partial charge on any atom is -0.317 e. The molecule has 1 amide bonds. The number of carbonyl (C=O) groups is 1. The predicted molar refractivity (Wildman–Crippen MR) is 128 cm³/mol. The van der Waals surface area contributed by atoms with Gasteiger partial charge in [-0.05, 0) is 69.2 Å². The van der Waals surface area contributed by atoms with E-state index in [1.807, 2.05) is 0 Å². The molecule has 12 heteroatoms. The molecule has 1 heterocycles. The molecule has 0 fully saturated rings. The number of nitrogens with one attached hydrogen (secondary N) is 1. The third-order valence-corrected chi connectivity index (χ3v) is 6.39. The summed E-state index contributed by atoms with van der Waals surface area (Å²) in [6.45, 7) is 0. The summed E-state index contributed by atoms with van der Waals surface area (Å²) in [4.78, 5) is 12.7. The summed E-state index contributed by atoms with van der Waals surface area (Å²) in [7, 11) is -4.04. The fourth-order valence-corrected chi connectivity index (χ4v) is 4.51. The molecule has 1 aromatic heterocycles. The van der Waals surface area contributed by atoms with Crippen LogP contribution in [0, 0.1) is 11.6 Å². The number of hydrogen-bond donors (Lipinski definition) is 2. The highest BCUT2D eigenvalue weighted by Gasteiger charge is 2.20. The zero-order chi connectivity index (χ0) is 25.4. The van der Waals surface area contributed by atoms with Gasteiger partial charge in [-0.2, -0.15) is 4.68 Å². The summed E-state index contributed by atoms with van der Waals surface area (Å²) in [5.74, 6) is -2.17. The van der Waals surface area contributed by atoms with Crippen molar-refractivity contribution < 1.29 is 22.0 Å². The van der Waals surface area contributed by atoms with E-state index < -0.39 is 21.7 Å². The molecule has 4 aromatic carbocycles. The van der Waals surface area contributed by atoms with Crippen molar-refractivity contribution in [3.8, 4) is 16.8 Å². The number of carbonyl (C=O) groups excluding carboxylic acids is 1. The van der Waals surface area contributed by atoms with Crippen LogP contribution in [-0.4, -0.2) is 34.5 Å². The highest BCUT2D eigenvalue weighted by atomic mass is 32.2. The topological polar surface area (TPSA) is 133 Å². The van der Waals surface area contributed by atoms with E-state index in [4.69, 9.17) is 5.14 Å². The second kappa shape index (κ2) is 8.91. The number of halogens is 2. The number of rotatable bonds is 5. The number of benzene rings is 4. The molecule has 36 heavy (non-hydrogen) atoms. The molecule has 0 saturated heterocycles. The number of hydrogen-bond acceptors (Lipinski definition) is 6. The highest BCUT2D eigenvalue weighted by Crippen LogP contribution is 2.29. The van der Waals surface area contributed by atoms with Crippen LogP contribution in [0.2, 0.25) is 0 Å². The maximum absolute atomic E-state index is 14.9. The van der Waals surface area contributed by atoms with Crippen LogP contribution in [0.25, 0.3) is 27.6 Å². The molecule has 5 aromatic rings. The van der Waals surface area contributed by atoms with Gasteiger partial charge in [0.05, 0.1) is 16.3 Å². The summed E-state index contributed by atoms with van der Waals surface area (Å²) in [6, 6.07) is 19.0. The number of fused-ring (bicyclic) bond motifs is 1. The first-order chi connectivity index (χ1) is 17.2. The summed E-state index contributed by atoms with van der Waals surface area (Å²) in [6.07, 6.45) is 0. The van der Waals surface area contributed by atoms with Gasteiger partial charge in [-0.3, -0.25) is 4.79 Å². The van der Waals surface area contributed by atoms with Gasteiger partial charge in [-0.25, -0.2) is 22.3 Å². The average molecular weight is 506 g/mol. The van der Waals surface area contributed by atoms with Crippen LogP contribution >= 0.6 is 0 Å². The number of nitrogens with zero attached hydrogens (tertiary/aromatic N) is 4. The standard InChI is InChI=1S/C24H16F2N6O3S/c25-17-8-5-15-12-18(9-6-14(15)11-17)32-23(29-30-31-32)24(33)28-21-10-7-16(13-20(21)26)19-3-1-2-4-22(19)36(27,34)35/h1-13H,(H,28,33)(H2,27,34,35). The Bertz CT molecular complexity index is 1750. The molecule has 0 aliphatic heterocycles. The van der Waals surface area contributed by atoms with Crippen molar-refractivity contribution in [2.75, 3.05) is 5.32 Å². The first kappa shape index (κ1) is 23.2. The third-order valence-electron chi connectivity index (χ3n) is 5.42. The summed E-state index contributed by atoms with van der Waals surface area (Å²) in [5.41, 5.74) is 0.754. The van der Waals surface area contributed by atoms with E-state index in [2.05, 4.69) is 20.8 Å². The van der Waals surface area contributed by atoms with Crippen molar-refractivity contribution in [2.45, 2.75) is 4.90 Å². The molecule has 0 aliphatic rings. The smallest absolute Gasteiger partial charge is 0.295 e. The second-order valence-corrected chi connectivity index (χ2v) is 9.31. The zero-order valence-corrected chi connectivity index (χ0v) is 19.1. The Morgan fingerprint density at radius 1 is 0.917 bits per heavy atom. The minimum absolute atomic E-state index is 0.154. The highest BCUT2D eigenvalue weighted by molar-refractivity contribution is 7.89. The monoisotopic (exact) mass is 506 g/mol. The molecule has 0 spiro atoms. The molecule has 3 N–H and O–H groups in total. The van der Waals surface area contributed by atoms with E-state index >= 15 is 0 Å². The van der Waals surface area contributed by atoms with Gasteiger partial charge in [-0.15, -0.1) is 5.10 Å². The largest absolute Gasteiger partial charge is 0.317 e. The Hall–Kier alpha value is -4.55. The number of amides is 1. The van der Waals surface area contributed by atoms with Crippen molar-refractivity contribution in [1.82, 2.24) is 20.2 Å². The van der Waals surface area contributed by atoms with Gasteiger partial charge in [0.25, 0.3) is 5.91 Å².